The van der Waals surface area contributed by atoms with Crippen molar-refractivity contribution < 1.29 is 14.3 Å². The molecule has 1 rings (SSSR count). The third kappa shape index (κ3) is 9.18. The molecule has 0 aliphatic carbocycles. The molecule has 0 radical (unpaired) electrons. The topological polar surface area (TPSA) is 47.6 Å². The van der Waals surface area contributed by atoms with Crippen molar-refractivity contribution >= 4 is 12.0 Å². The summed E-state index contributed by atoms with van der Waals surface area (Å²) >= 11 is 0. The molecule has 0 bridgehead atoms. The Hall–Kier alpha value is -1.97. The zero-order valence-corrected chi connectivity index (χ0v) is 16.0. The summed E-state index contributed by atoms with van der Waals surface area (Å²) in [5.41, 5.74) is 0.903. The van der Waals surface area contributed by atoms with Gasteiger partial charge in [0.25, 0.3) is 0 Å². The summed E-state index contributed by atoms with van der Waals surface area (Å²) in [5.74, 6) is 1.28. The van der Waals surface area contributed by atoms with Crippen LogP contribution >= 0.6 is 0 Å². The Morgan fingerprint density at radius 2 is 1.60 bits per heavy atom. The van der Waals surface area contributed by atoms with Gasteiger partial charge in [-0.2, -0.15) is 0 Å². The summed E-state index contributed by atoms with van der Waals surface area (Å²) in [6, 6.07) is 5.57. The quantitative estimate of drug-likeness (QED) is 0.405. The minimum Gasteiger partial charge on any atom is -0.493 e. The van der Waals surface area contributed by atoms with Crippen molar-refractivity contribution in [2.45, 2.75) is 58.3 Å². The van der Waals surface area contributed by atoms with Gasteiger partial charge in [-0.3, -0.25) is 4.79 Å². The number of carbonyl (C=O) groups excluding carboxylic acids is 1. The number of amides is 1. The van der Waals surface area contributed by atoms with E-state index >= 15 is 0 Å². The van der Waals surface area contributed by atoms with Crippen molar-refractivity contribution in [3.05, 3.63) is 29.8 Å². The molecule has 4 nitrogen and oxygen atoms in total. The van der Waals surface area contributed by atoms with E-state index in [-0.39, 0.29) is 5.91 Å². The zero-order chi connectivity index (χ0) is 18.3. The predicted molar refractivity (Wildman–Crippen MR) is 104 cm³/mol. The first-order valence-electron chi connectivity index (χ1n) is 9.39. The van der Waals surface area contributed by atoms with E-state index in [1.807, 2.05) is 18.2 Å². The number of methoxy groups -OCH3 is 2. The van der Waals surface area contributed by atoms with E-state index in [9.17, 15) is 4.79 Å². The Labute approximate surface area is 152 Å². The highest BCUT2D eigenvalue weighted by molar-refractivity contribution is 5.91. The van der Waals surface area contributed by atoms with Gasteiger partial charge in [0.1, 0.15) is 0 Å². The van der Waals surface area contributed by atoms with E-state index in [2.05, 4.69) is 12.2 Å². The third-order valence-corrected chi connectivity index (χ3v) is 4.16. The van der Waals surface area contributed by atoms with Gasteiger partial charge in [0.15, 0.2) is 11.5 Å². The number of carbonyl (C=O) groups is 1. The predicted octanol–water partition coefficient (Wildman–Crippen LogP) is 4.97. The molecular formula is C21H33NO3. The van der Waals surface area contributed by atoms with Crippen molar-refractivity contribution in [3.8, 4) is 11.5 Å². The van der Waals surface area contributed by atoms with Gasteiger partial charge < -0.3 is 14.8 Å². The number of hydrogen-bond acceptors (Lipinski definition) is 3. The van der Waals surface area contributed by atoms with Gasteiger partial charge in [-0.15, -0.1) is 0 Å². The number of rotatable bonds is 13. The summed E-state index contributed by atoms with van der Waals surface area (Å²) in [5, 5.41) is 2.93. The van der Waals surface area contributed by atoms with Crippen LogP contribution in [0.5, 0.6) is 11.5 Å². The molecule has 0 aliphatic rings. The Morgan fingerprint density at radius 3 is 2.24 bits per heavy atom. The van der Waals surface area contributed by atoms with Gasteiger partial charge in [-0.1, -0.05) is 57.9 Å². The molecule has 25 heavy (non-hydrogen) atoms. The fourth-order valence-corrected chi connectivity index (χ4v) is 2.66. The van der Waals surface area contributed by atoms with Gasteiger partial charge in [0.05, 0.1) is 14.2 Å². The maximum absolute atomic E-state index is 11.8. The lowest BCUT2D eigenvalue weighted by Crippen LogP contribution is -2.21. The SMILES string of the molecule is CCCCCCCCCCNC(=O)C=Cc1ccc(OC)c(OC)c1. The molecule has 0 spiro atoms. The molecule has 0 atom stereocenters. The lowest BCUT2D eigenvalue weighted by molar-refractivity contribution is -0.116. The standard InChI is InChI=1S/C21H33NO3/c1-4-5-6-7-8-9-10-11-16-22-21(23)15-13-18-12-14-19(24-2)20(17-18)25-3/h12-15,17H,4-11,16H2,1-3H3,(H,22,23). The first kappa shape index (κ1) is 21.1. The summed E-state index contributed by atoms with van der Waals surface area (Å²) in [6.07, 6.45) is 13.5. The van der Waals surface area contributed by atoms with Crippen LogP contribution < -0.4 is 14.8 Å². The van der Waals surface area contributed by atoms with Crippen LogP contribution in [0.25, 0.3) is 6.08 Å². The largest absolute Gasteiger partial charge is 0.493 e. The first-order valence-corrected chi connectivity index (χ1v) is 9.39. The summed E-state index contributed by atoms with van der Waals surface area (Å²) in [4.78, 5) is 11.8. The molecule has 1 aromatic carbocycles. The van der Waals surface area contributed by atoms with Gasteiger partial charge in [0, 0.05) is 12.6 Å². The second-order valence-electron chi connectivity index (χ2n) is 6.21. The van der Waals surface area contributed by atoms with E-state index in [0.29, 0.717) is 11.5 Å². The van der Waals surface area contributed by atoms with E-state index in [1.165, 1.54) is 44.9 Å². The van der Waals surface area contributed by atoms with Crippen molar-refractivity contribution in [3.63, 3.8) is 0 Å². The average Bonchev–Trinajstić information content (AvgIpc) is 2.64. The molecule has 0 unspecified atom stereocenters. The van der Waals surface area contributed by atoms with Crippen molar-refractivity contribution in [1.29, 1.82) is 0 Å². The lowest BCUT2D eigenvalue weighted by atomic mass is 10.1. The molecule has 4 heteroatoms. The maximum atomic E-state index is 11.8. The van der Waals surface area contributed by atoms with E-state index in [1.54, 1.807) is 26.4 Å². The molecule has 0 aliphatic heterocycles. The number of nitrogens with one attached hydrogen (secondary N) is 1. The van der Waals surface area contributed by atoms with E-state index in [4.69, 9.17) is 9.47 Å². The van der Waals surface area contributed by atoms with Gasteiger partial charge in [-0.25, -0.2) is 0 Å². The van der Waals surface area contributed by atoms with Crippen LogP contribution in [0.1, 0.15) is 63.9 Å². The maximum Gasteiger partial charge on any atom is 0.243 e. The molecule has 0 heterocycles. The molecule has 0 saturated heterocycles. The Balaban J connectivity index is 2.20. The second kappa shape index (κ2) is 13.3. The van der Waals surface area contributed by atoms with Crippen LogP contribution in [0.15, 0.2) is 24.3 Å². The highest BCUT2D eigenvalue weighted by Crippen LogP contribution is 2.27. The van der Waals surface area contributed by atoms with Crippen LogP contribution in [0.4, 0.5) is 0 Å². The van der Waals surface area contributed by atoms with Gasteiger partial charge in [0.2, 0.25) is 5.91 Å². The smallest absolute Gasteiger partial charge is 0.243 e. The van der Waals surface area contributed by atoms with Gasteiger partial charge >= 0.3 is 0 Å². The first-order chi connectivity index (χ1) is 12.2. The average molecular weight is 347 g/mol. The molecule has 1 amide bonds. The lowest BCUT2D eigenvalue weighted by Gasteiger charge is -2.07. The fraction of sp³-hybridized carbons (Fsp3) is 0.571. The Morgan fingerprint density at radius 1 is 0.960 bits per heavy atom. The summed E-state index contributed by atoms with van der Waals surface area (Å²) < 4.78 is 10.5. The highest BCUT2D eigenvalue weighted by atomic mass is 16.5. The molecule has 0 aromatic heterocycles. The molecular weight excluding hydrogens is 314 g/mol. The van der Waals surface area contributed by atoms with Crippen LogP contribution in [0, 0.1) is 0 Å². The van der Waals surface area contributed by atoms with Crippen molar-refractivity contribution in [1.82, 2.24) is 5.32 Å². The molecule has 0 saturated carbocycles. The van der Waals surface area contributed by atoms with E-state index < -0.39 is 0 Å². The van der Waals surface area contributed by atoms with Crippen molar-refractivity contribution in [2.75, 3.05) is 20.8 Å². The normalized spacial score (nSPS) is 10.8. The van der Waals surface area contributed by atoms with Crippen LogP contribution in [0.2, 0.25) is 0 Å². The third-order valence-electron chi connectivity index (χ3n) is 4.16. The monoisotopic (exact) mass is 347 g/mol. The molecule has 0 fully saturated rings. The number of benzene rings is 1. The molecule has 1 aromatic rings. The fourth-order valence-electron chi connectivity index (χ4n) is 2.66. The zero-order valence-electron chi connectivity index (χ0n) is 16.0. The van der Waals surface area contributed by atoms with Crippen molar-refractivity contribution in [2.24, 2.45) is 0 Å². The van der Waals surface area contributed by atoms with Crippen LogP contribution in [-0.2, 0) is 4.79 Å². The summed E-state index contributed by atoms with van der Waals surface area (Å²) in [6.45, 7) is 2.98. The Kier molecular flexibility index (Phi) is 11.2. The Bertz CT molecular complexity index is 526. The summed E-state index contributed by atoms with van der Waals surface area (Å²) in [7, 11) is 3.20. The van der Waals surface area contributed by atoms with Crippen LogP contribution in [-0.4, -0.2) is 26.7 Å². The van der Waals surface area contributed by atoms with E-state index in [0.717, 1.165) is 18.5 Å². The van der Waals surface area contributed by atoms with Crippen LogP contribution in [0.3, 0.4) is 0 Å². The minimum absolute atomic E-state index is 0.0577. The highest BCUT2D eigenvalue weighted by Gasteiger charge is 2.03. The molecule has 1 N–H and O–H groups in total. The van der Waals surface area contributed by atoms with Gasteiger partial charge in [-0.05, 0) is 30.2 Å². The minimum atomic E-state index is -0.0577. The number of hydrogen-bond donors (Lipinski definition) is 1. The second-order valence-corrected chi connectivity index (χ2v) is 6.21. The molecule has 140 valence electrons. The number of ether oxygens (including phenoxy) is 2. The number of unbranched alkanes of at least 4 members (excludes halogenated alkanes) is 7.